The summed E-state index contributed by atoms with van der Waals surface area (Å²) in [5.74, 6) is -0.279. The summed E-state index contributed by atoms with van der Waals surface area (Å²) in [6, 6.07) is 10.6. The second kappa shape index (κ2) is 7.41. The first-order valence-electron chi connectivity index (χ1n) is 9.62. The molecule has 1 N–H and O–H groups in total. The third kappa shape index (κ3) is 3.44. The summed E-state index contributed by atoms with van der Waals surface area (Å²) in [5.41, 5.74) is 2.80. The van der Waals surface area contributed by atoms with Gasteiger partial charge in [-0.05, 0) is 43.5 Å². The zero-order valence-corrected chi connectivity index (χ0v) is 17.8. The summed E-state index contributed by atoms with van der Waals surface area (Å²) in [7, 11) is -2.55. The molecule has 2 heterocycles. The molecule has 2 aliphatic rings. The molecule has 0 saturated carbocycles. The maximum atomic E-state index is 13.2. The maximum absolute atomic E-state index is 13.2. The van der Waals surface area contributed by atoms with Crippen LogP contribution < -0.4 is 15.0 Å². The number of amides is 2. The second-order valence-electron chi connectivity index (χ2n) is 7.66. The van der Waals surface area contributed by atoms with E-state index in [0.29, 0.717) is 17.0 Å². The highest BCUT2D eigenvalue weighted by Gasteiger charge is 2.34. The first kappa shape index (κ1) is 20.4. The smallest absolute Gasteiger partial charge is 0.262 e. The van der Waals surface area contributed by atoms with Crippen molar-refractivity contribution in [1.82, 2.24) is 4.31 Å². The van der Waals surface area contributed by atoms with Gasteiger partial charge in [0, 0.05) is 24.8 Å². The molecule has 2 aliphatic heterocycles. The number of carbonyl (C=O) groups is 2. The van der Waals surface area contributed by atoms with E-state index >= 15 is 0 Å². The highest BCUT2D eigenvalue weighted by atomic mass is 32.2. The van der Waals surface area contributed by atoms with Crippen LogP contribution in [0.15, 0.2) is 41.3 Å². The van der Waals surface area contributed by atoms with Crippen molar-refractivity contribution in [3.63, 3.8) is 0 Å². The van der Waals surface area contributed by atoms with Gasteiger partial charge in [0.1, 0.15) is 5.75 Å². The molecule has 0 spiro atoms. The van der Waals surface area contributed by atoms with E-state index in [1.165, 1.54) is 13.1 Å². The number of nitrogens with zero attached hydrogens (tertiary/aromatic N) is 2. The van der Waals surface area contributed by atoms with Crippen molar-refractivity contribution >= 4 is 33.2 Å². The van der Waals surface area contributed by atoms with Crippen molar-refractivity contribution in [2.75, 3.05) is 30.4 Å². The molecule has 0 bridgehead atoms. The van der Waals surface area contributed by atoms with E-state index in [1.807, 2.05) is 31.2 Å². The van der Waals surface area contributed by atoms with Gasteiger partial charge in [-0.25, -0.2) is 8.42 Å². The molecule has 2 aromatic rings. The van der Waals surface area contributed by atoms with Gasteiger partial charge in [0.2, 0.25) is 15.9 Å². The van der Waals surface area contributed by atoms with Crippen LogP contribution in [0.25, 0.3) is 0 Å². The van der Waals surface area contributed by atoms with Crippen molar-refractivity contribution in [3.8, 4) is 5.75 Å². The van der Waals surface area contributed by atoms with E-state index in [4.69, 9.17) is 4.74 Å². The molecule has 0 aliphatic carbocycles. The van der Waals surface area contributed by atoms with Crippen molar-refractivity contribution in [1.29, 1.82) is 0 Å². The molecule has 2 aromatic carbocycles. The van der Waals surface area contributed by atoms with E-state index in [0.717, 1.165) is 22.0 Å². The van der Waals surface area contributed by atoms with E-state index < -0.39 is 10.0 Å². The Bertz CT molecular complexity index is 1150. The van der Waals surface area contributed by atoms with Gasteiger partial charge in [-0.3, -0.25) is 9.59 Å². The lowest BCUT2D eigenvalue weighted by molar-refractivity contribution is -0.119. The van der Waals surface area contributed by atoms with Crippen LogP contribution in [0, 0.1) is 6.92 Å². The molecular formula is C21H23N3O5S. The standard InChI is InChI=1S/C21H23N3O5S/c1-13-8-16-18(29-12-20(25)22-16)10-19(13)30(27,28)23(3)11-21(26)24-14(2)9-15-6-4-5-7-17(15)24/h4-8,10,14H,9,11-12H2,1-3H3,(H,22,25)/t14-/m1/s1. The maximum Gasteiger partial charge on any atom is 0.262 e. The van der Waals surface area contributed by atoms with Gasteiger partial charge in [-0.1, -0.05) is 18.2 Å². The average Bonchev–Trinajstić information content (AvgIpc) is 3.02. The molecule has 0 aromatic heterocycles. The van der Waals surface area contributed by atoms with E-state index in [-0.39, 0.29) is 35.9 Å². The molecule has 0 unspecified atom stereocenters. The van der Waals surface area contributed by atoms with Crippen molar-refractivity contribution in [3.05, 3.63) is 47.5 Å². The number of ether oxygens (including phenoxy) is 1. The third-order valence-corrected chi connectivity index (χ3v) is 7.38. The molecule has 4 rings (SSSR count). The van der Waals surface area contributed by atoms with Gasteiger partial charge >= 0.3 is 0 Å². The van der Waals surface area contributed by atoms with E-state index in [2.05, 4.69) is 5.32 Å². The number of benzene rings is 2. The highest BCUT2D eigenvalue weighted by molar-refractivity contribution is 7.89. The first-order chi connectivity index (χ1) is 14.2. The quantitative estimate of drug-likeness (QED) is 0.801. The average molecular weight is 429 g/mol. The normalized spacial score (nSPS) is 17.9. The second-order valence-corrected chi connectivity index (χ2v) is 9.67. The number of nitrogens with one attached hydrogen (secondary N) is 1. The number of likely N-dealkylation sites (N-methyl/N-ethyl adjacent to an activating group) is 1. The van der Waals surface area contributed by atoms with Crippen molar-refractivity contribution in [2.24, 2.45) is 0 Å². The Labute approximate surface area is 175 Å². The summed E-state index contributed by atoms with van der Waals surface area (Å²) in [6.07, 6.45) is 0.741. The van der Waals surface area contributed by atoms with Crippen LogP contribution in [0.1, 0.15) is 18.1 Å². The Morgan fingerprint density at radius 2 is 2.03 bits per heavy atom. The zero-order chi connectivity index (χ0) is 21.6. The lowest BCUT2D eigenvalue weighted by Crippen LogP contribution is -2.43. The van der Waals surface area contributed by atoms with E-state index in [9.17, 15) is 18.0 Å². The van der Waals surface area contributed by atoms with Crippen LogP contribution in [-0.2, 0) is 26.0 Å². The number of rotatable bonds is 4. The Hall–Kier alpha value is -2.91. The van der Waals surface area contributed by atoms with Crippen LogP contribution >= 0.6 is 0 Å². The monoisotopic (exact) mass is 429 g/mol. The number of para-hydroxylation sites is 1. The highest BCUT2D eigenvalue weighted by Crippen LogP contribution is 2.35. The fourth-order valence-electron chi connectivity index (χ4n) is 3.96. The molecule has 30 heavy (non-hydrogen) atoms. The fourth-order valence-corrected chi connectivity index (χ4v) is 5.30. The number of anilines is 2. The van der Waals surface area contributed by atoms with E-state index in [1.54, 1.807) is 17.9 Å². The van der Waals surface area contributed by atoms with Crippen molar-refractivity contribution < 1.29 is 22.7 Å². The first-order valence-corrected chi connectivity index (χ1v) is 11.1. The SMILES string of the molecule is Cc1cc2c(cc1S(=O)(=O)N(C)CC(=O)N1c3ccccc3C[C@H]1C)OCC(=O)N2. The Kier molecular flexibility index (Phi) is 5.03. The predicted molar refractivity (Wildman–Crippen MR) is 112 cm³/mol. The Morgan fingerprint density at radius 3 is 2.80 bits per heavy atom. The minimum absolute atomic E-state index is 0.0338. The largest absolute Gasteiger partial charge is 0.482 e. The number of sulfonamides is 1. The van der Waals surface area contributed by atoms with Gasteiger partial charge in [-0.2, -0.15) is 4.31 Å². The number of hydrogen-bond acceptors (Lipinski definition) is 5. The lowest BCUT2D eigenvalue weighted by atomic mass is 10.1. The number of carbonyl (C=O) groups excluding carboxylic acids is 2. The molecule has 2 amide bonds. The van der Waals surface area contributed by atoms with Gasteiger partial charge in [0.05, 0.1) is 17.1 Å². The summed E-state index contributed by atoms with van der Waals surface area (Å²) in [5, 5.41) is 2.66. The lowest BCUT2D eigenvalue weighted by Gasteiger charge is -2.26. The van der Waals surface area contributed by atoms with Gasteiger partial charge in [-0.15, -0.1) is 0 Å². The summed E-state index contributed by atoms with van der Waals surface area (Å²) in [6.45, 7) is 3.14. The minimum atomic E-state index is -3.94. The van der Waals surface area contributed by atoms with Crippen LogP contribution in [0.5, 0.6) is 5.75 Å². The van der Waals surface area contributed by atoms with Crippen molar-refractivity contribution in [2.45, 2.75) is 31.2 Å². The summed E-state index contributed by atoms with van der Waals surface area (Å²) in [4.78, 5) is 26.2. The third-order valence-electron chi connectivity index (χ3n) is 5.43. The number of fused-ring (bicyclic) bond motifs is 2. The van der Waals surface area contributed by atoms with Gasteiger partial charge in [0.15, 0.2) is 6.61 Å². The molecule has 158 valence electrons. The zero-order valence-electron chi connectivity index (χ0n) is 17.0. The minimum Gasteiger partial charge on any atom is -0.482 e. The summed E-state index contributed by atoms with van der Waals surface area (Å²) < 4.78 is 32.8. The van der Waals surface area contributed by atoms with Crippen LogP contribution in [0.3, 0.4) is 0 Å². The Balaban J connectivity index is 1.58. The number of hydrogen-bond donors (Lipinski definition) is 1. The van der Waals surface area contributed by atoms with Crippen LogP contribution in [0.2, 0.25) is 0 Å². The van der Waals surface area contributed by atoms with Gasteiger partial charge in [0.25, 0.3) is 5.91 Å². The molecule has 1 atom stereocenters. The molecule has 0 fully saturated rings. The van der Waals surface area contributed by atoms with Crippen LogP contribution in [0.4, 0.5) is 11.4 Å². The van der Waals surface area contributed by atoms with Gasteiger partial charge < -0.3 is 15.0 Å². The molecule has 8 nitrogen and oxygen atoms in total. The molecule has 0 saturated heterocycles. The molecular weight excluding hydrogens is 406 g/mol. The molecule has 0 radical (unpaired) electrons. The fraction of sp³-hybridized carbons (Fsp3) is 0.333. The van der Waals surface area contributed by atoms with Crippen LogP contribution in [-0.4, -0.2) is 50.8 Å². The topological polar surface area (TPSA) is 96.0 Å². The number of aryl methyl sites for hydroxylation is 1. The predicted octanol–water partition coefficient (Wildman–Crippen LogP) is 1.92. The molecule has 9 heteroatoms. The Morgan fingerprint density at radius 1 is 1.30 bits per heavy atom. The summed E-state index contributed by atoms with van der Waals surface area (Å²) >= 11 is 0.